The lowest BCUT2D eigenvalue weighted by atomic mass is 10.3. The highest BCUT2D eigenvalue weighted by atomic mass is 32.2. The highest BCUT2D eigenvalue weighted by molar-refractivity contribution is 7.92. The third kappa shape index (κ3) is 5.50. The van der Waals surface area contributed by atoms with Gasteiger partial charge in [-0.3, -0.25) is 4.72 Å². The quantitative estimate of drug-likeness (QED) is 0.298. The van der Waals surface area contributed by atoms with Gasteiger partial charge in [-0.2, -0.15) is 5.10 Å². The predicted molar refractivity (Wildman–Crippen MR) is 137 cm³/mol. The fourth-order valence-electron chi connectivity index (χ4n) is 3.43. The van der Waals surface area contributed by atoms with Crippen LogP contribution in [0.15, 0.2) is 108 Å². The molecule has 2 heterocycles. The summed E-state index contributed by atoms with van der Waals surface area (Å²) < 4.78 is 35.7. The Bertz CT molecular complexity index is 1560. The number of ether oxygens (including phenoxy) is 1. The summed E-state index contributed by atoms with van der Waals surface area (Å²) in [6.07, 6.45) is 3.48. The van der Waals surface area contributed by atoms with E-state index in [0.717, 1.165) is 5.69 Å². The highest BCUT2D eigenvalue weighted by Gasteiger charge is 2.14. The van der Waals surface area contributed by atoms with Gasteiger partial charge < -0.3 is 10.1 Å². The van der Waals surface area contributed by atoms with Crippen LogP contribution in [0.4, 0.5) is 17.2 Å². The summed E-state index contributed by atoms with van der Waals surface area (Å²) in [6.45, 7) is 1.80. The zero-order chi connectivity index (χ0) is 25.0. The molecule has 0 fully saturated rings. The van der Waals surface area contributed by atoms with E-state index in [2.05, 4.69) is 25.1 Å². The van der Waals surface area contributed by atoms with Gasteiger partial charge >= 0.3 is 0 Å². The Labute approximate surface area is 208 Å². The molecule has 9 nitrogen and oxygen atoms in total. The summed E-state index contributed by atoms with van der Waals surface area (Å²) >= 11 is 0. The number of aromatic nitrogens is 4. The number of anilines is 3. The number of hydrogen-bond acceptors (Lipinski definition) is 7. The Morgan fingerprint density at radius 3 is 2.19 bits per heavy atom. The second kappa shape index (κ2) is 9.88. The lowest BCUT2D eigenvalue weighted by Crippen LogP contribution is -2.12. The van der Waals surface area contributed by atoms with Gasteiger partial charge in [-0.15, -0.1) is 0 Å². The van der Waals surface area contributed by atoms with Gasteiger partial charge in [0.25, 0.3) is 10.0 Å². The van der Waals surface area contributed by atoms with Gasteiger partial charge in [0.05, 0.1) is 4.90 Å². The van der Waals surface area contributed by atoms with E-state index in [4.69, 9.17) is 4.74 Å². The van der Waals surface area contributed by atoms with Crippen molar-refractivity contribution < 1.29 is 13.2 Å². The van der Waals surface area contributed by atoms with Crippen molar-refractivity contribution >= 4 is 27.2 Å². The van der Waals surface area contributed by atoms with Crippen molar-refractivity contribution in [2.75, 3.05) is 10.0 Å². The number of aryl methyl sites for hydroxylation is 1. The number of para-hydroxylation sites is 1. The molecule has 2 N–H and O–H groups in total. The fourth-order valence-corrected chi connectivity index (χ4v) is 4.49. The molecule has 2 aromatic heterocycles. The van der Waals surface area contributed by atoms with Crippen LogP contribution in [0.5, 0.6) is 11.5 Å². The first-order valence-corrected chi connectivity index (χ1v) is 12.5. The van der Waals surface area contributed by atoms with Gasteiger partial charge in [0.2, 0.25) is 0 Å². The maximum atomic E-state index is 12.8. The Balaban J connectivity index is 1.25. The van der Waals surface area contributed by atoms with Crippen LogP contribution in [-0.4, -0.2) is 28.2 Å². The third-order valence-corrected chi connectivity index (χ3v) is 6.48. The maximum Gasteiger partial charge on any atom is 0.261 e. The zero-order valence-electron chi connectivity index (χ0n) is 19.2. The van der Waals surface area contributed by atoms with Crippen molar-refractivity contribution in [3.05, 3.63) is 109 Å². The molecule has 0 saturated heterocycles. The van der Waals surface area contributed by atoms with Crippen LogP contribution in [0.25, 0.3) is 5.82 Å². The number of rotatable bonds is 8. The van der Waals surface area contributed by atoms with Crippen molar-refractivity contribution in [1.82, 2.24) is 19.7 Å². The molecule has 0 amide bonds. The van der Waals surface area contributed by atoms with E-state index in [1.54, 1.807) is 66.5 Å². The second-order valence-electron chi connectivity index (χ2n) is 7.80. The predicted octanol–water partition coefficient (Wildman–Crippen LogP) is 5.31. The van der Waals surface area contributed by atoms with Gasteiger partial charge in [-0.25, -0.2) is 23.1 Å². The molecule has 36 heavy (non-hydrogen) atoms. The van der Waals surface area contributed by atoms with Crippen molar-refractivity contribution in [3.8, 4) is 17.3 Å². The minimum Gasteiger partial charge on any atom is -0.457 e. The minimum atomic E-state index is -3.77. The smallest absolute Gasteiger partial charge is 0.261 e. The summed E-state index contributed by atoms with van der Waals surface area (Å²) in [4.78, 5) is 8.93. The van der Waals surface area contributed by atoms with Gasteiger partial charge in [-0.05, 0) is 73.7 Å². The molecule has 0 saturated carbocycles. The zero-order valence-corrected chi connectivity index (χ0v) is 20.1. The molecule has 0 aliphatic carbocycles. The van der Waals surface area contributed by atoms with Crippen molar-refractivity contribution in [2.24, 2.45) is 0 Å². The van der Waals surface area contributed by atoms with Gasteiger partial charge in [0.15, 0.2) is 5.82 Å². The number of hydrogen-bond donors (Lipinski definition) is 2. The molecule has 10 heteroatoms. The van der Waals surface area contributed by atoms with Crippen molar-refractivity contribution in [3.63, 3.8) is 0 Å². The Morgan fingerprint density at radius 1 is 0.806 bits per heavy atom. The Morgan fingerprint density at radius 2 is 1.50 bits per heavy atom. The van der Waals surface area contributed by atoms with Crippen LogP contribution in [-0.2, 0) is 10.0 Å². The Kier molecular flexibility index (Phi) is 6.33. The molecule has 0 atom stereocenters. The first-order chi connectivity index (χ1) is 17.4. The largest absolute Gasteiger partial charge is 0.457 e. The van der Waals surface area contributed by atoms with Crippen LogP contribution in [0, 0.1) is 6.92 Å². The van der Waals surface area contributed by atoms with E-state index in [1.165, 1.54) is 12.1 Å². The van der Waals surface area contributed by atoms with Gasteiger partial charge in [0, 0.05) is 29.8 Å². The summed E-state index contributed by atoms with van der Waals surface area (Å²) in [5.41, 5.74) is 1.17. The average Bonchev–Trinajstić information content (AvgIpc) is 3.41. The van der Waals surface area contributed by atoms with E-state index in [9.17, 15) is 8.42 Å². The lowest BCUT2D eigenvalue weighted by molar-refractivity contribution is 0.482. The standard InChI is InChI=1S/C26H22N6O3S/c1-19-28-25(18-26(29-19)32-17-5-16-27-32)30-20-8-10-21(11-9-20)31-36(33,34)24-14-12-23(13-15-24)35-22-6-3-2-4-7-22/h2-18,31H,1H3,(H,28,29,30). The van der Waals surface area contributed by atoms with Crippen LogP contribution >= 0.6 is 0 Å². The second-order valence-corrected chi connectivity index (χ2v) is 9.49. The normalized spacial score (nSPS) is 11.1. The van der Waals surface area contributed by atoms with Crippen LogP contribution in [0.1, 0.15) is 5.82 Å². The molecule has 3 aromatic carbocycles. The molecule has 0 radical (unpaired) electrons. The third-order valence-electron chi connectivity index (χ3n) is 5.09. The number of benzene rings is 3. The number of nitrogens with one attached hydrogen (secondary N) is 2. The molecule has 5 rings (SSSR count). The first kappa shape index (κ1) is 23.1. The molecule has 0 aliphatic heterocycles. The minimum absolute atomic E-state index is 0.132. The molecule has 180 valence electrons. The first-order valence-electron chi connectivity index (χ1n) is 11.0. The van der Waals surface area contributed by atoms with E-state index < -0.39 is 10.0 Å². The van der Waals surface area contributed by atoms with Crippen molar-refractivity contribution in [1.29, 1.82) is 0 Å². The van der Waals surface area contributed by atoms with E-state index in [1.807, 2.05) is 36.4 Å². The van der Waals surface area contributed by atoms with Gasteiger partial charge in [0.1, 0.15) is 23.1 Å². The van der Waals surface area contributed by atoms with Crippen LogP contribution < -0.4 is 14.8 Å². The highest BCUT2D eigenvalue weighted by Crippen LogP contribution is 2.25. The number of nitrogens with zero attached hydrogens (tertiary/aromatic N) is 4. The molecule has 0 unspecified atom stereocenters. The van der Waals surface area contributed by atoms with Crippen LogP contribution in [0.2, 0.25) is 0 Å². The van der Waals surface area contributed by atoms with E-state index in [0.29, 0.717) is 34.6 Å². The van der Waals surface area contributed by atoms with E-state index >= 15 is 0 Å². The molecular formula is C26H22N6O3S. The molecule has 0 spiro atoms. The molecule has 0 aliphatic rings. The maximum absolute atomic E-state index is 12.8. The molecular weight excluding hydrogens is 476 g/mol. The van der Waals surface area contributed by atoms with Crippen molar-refractivity contribution in [2.45, 2.75) is 11.8 Å². The summed E-state index contributed by atoms with van der Waals surface area (Å²) in [7, 11) is -3.77. The Hall–Kier alpha value is -4.70. The summed E-state index contributed by atoms with van der Waals surface area (Å²) in [5, 5.41) is 7.41. The SMILES string of the molecule is Cc1nc(Nc2ccc(NS(=O)(=O)c3ccc(Oc4ccccc4)cc3)cc2)cc(-n2cccn2)n1. The summed E-state index contributed by atoms with van der Waals surface area (Å²) in [5.74, 6) is 3.05. The van der Waals surface area contributed by atoms with E-state index in [-0.39, 0.29) is 4.90 Å². The average molecular weight is 499 g/mol. The summed E-state index contributed by atoms with van der Waals surface area (Å²) in [6, 6.07) is 26.0. The molecule has 5 aromatic rings. The van der Waals surface area contributed by atoms with Gasteiger partial charge in [-0.1, -0.05) is 18.2 Å². The lowest BCUT2D eigenvalue weighted by Gasteiger charge is -2.11. The molecule has 0 bridgehead atoms. The monoisotopic (exact) mass is 498 g/mol. The number of sulfonamides is 1. The fraction of sp³-hybridized carbons (Fsp3) is 0.0385. The topological polar surface area (TPSA) is 111 Å². The van der Waals surface area contributed by atoms with Crippen LogP contribution in [0.3, 0.4) is 0 Å².